The van der Waals surface area contributed by atoms with Crippen molar-refractivity contribution in [2.45, 2.75) is 44.6 Å². The van der Waals surface area contributed by atoms with Crippen molar-refractivity contribution in [3.05, 3.63) is 59.7 Å². The van der Waals surface area contributed by atoms with Crippen molar-refractivity contribution >= 4 is 0 Å². The van der Waals surface area contributed by atoms with Crippen molar-refractivity contribution in [3.8, 4) is 11.1 Å². The summed E-state index contributed by atoms with van der Waals surface area (Å²) < 4.78 is 26.3. The molecule has 1 aliphatic carbocycles. The molecule has 23 heavy (non-hydrogen) atoms. The lowest BCUT2D eigenvalue weighted by atomic mass is 9.84. The quantitative estimate of drug-likeness (QED) is 0.830. The lowest BCUT2D eigenvalue weighted by Gasteiger charge is -2.25. The zero-order valence-corrected chi connectivity index (χ0v) is 13.1. The molecule has 3 rings (SSSR count). The Morgan fingerprint density at radius 1 is 0.826 bits per heavy atom. The van der Waals surface area contributed by atoms with E-state index in [0.29, 0.717) is 11.5 Å². The number of halogens is 2. The third-order valence-electron chi connectivity index (χ3n) is 4.86. The van der Waals surface area contributed by atoms with Crippen LogP contribution in [0.15, 0.2) is 42.5 Å². The van der Waals surface area contributed by atoms with Gasteiger partial charge >= 0.3 is 0 Å². The predicted molar refractivity (Wildman–Crippen MR) is 88.1 cm³/mol. The molecule has 2 aromatic carbocycles. The molecule has 0 aromatic heterocycles. The van der Waals surface area contributed by atoms with E-state index >= 15 is 0 Å². The summed E-state index contributed by atoms with van der Waals surface area (Å²) >= 11 is 0. The molecule has 1 nitrogen and oxygen atoms in total. The van der Waals surface area contributed by atoms with Gasteiger partial charge in [0.2, 0.25) is 0 Å². The highest BCUT2D eigenvalue weighted by Crippen LogP contribution is 2.28. The van der Waals surface area contributed by atoms with Gasteiger partial charge in [-0.05, 0) is 73.3 Å². The summed E-state index contributed by atoms with van der Waals surface area (Å²) in [5.41, 5.74) is 2.85. The number of rotatable bonds is 4. The first-order valence-electron chi connectivity index (χ1n) is 8.34. The first-order valence-corrected chi connectivity index (χ1v) is 8.34. The van der Waals surface area contributed by atoms with E-state index in [1.807, 2.05) is 12.1 Å². The molecular formula is C20H22F2O. The van der Waals surface area contributed by atoms with E-state index in [1.165, 1.54) is 11.6 Å². The molecule has 0 saturated heterocycles. The summed E-state index contributed by atoms with van der Waals surface area (Å²) in [7, 11) is 0. The van der Waals surface area contributed by atoms with Crippen LogP contribution in [0.4, 0.5) is 8.78 Å². The van der Waals surface area contributed by atoms with Crippen LogP contribution in [0.5, 0.6) is 0 Å². The number of hydrogen-bond donors (Lipinski definition) is 1. The summed E-state index contributed by atoms with van der Waals surface area (Å²) in [5.74, 6) is -0.918. The Kier molecular flexibility index (Phi) is 5.06. The minimum atomic E-state index is -0.817. The van der Waals surface area contributed by atoms with Crippen LogP contribution in [0.3, 0.4) is 0 Å². The molecule has 1 saturated carbocycles. The van der Waals surface area contributed by atoms with E-state index in [9.17, 15) is 13.9 Å². The van der Waals surface area contributed by atoms with Crippen LogP contribution in [0, 0.1) is 17.6 Å². The summed E-state index contributed by atoms with van der Waals surface area (Å²) in [6.45, 7) is 0. The molecule has 0 radical (unpaired) electrons. The van der Waals surface area contributed by atoms with Crippen LogP contribution in [-0.4, -0.2) is 11.2 Å². The molecule has 0 spiro atoms. The Bertz CT molecular complexity index is 643. The molecular weight excluding hydrogens is 294 g/mol. The van der Waals surface area contributed by atoms with Crippen molar-refractivity contribution in [1.82, 2.24) is 0 Å². The Morgan fingerprint density at radius 3 is 2.13 bits per heavy atom. The maximum atomic E-state index is 13.3. The molecule has 0 unspecified atom stereocenters. The molecule has 0 atom stereocenters. The average Bonchev–Trinajstić information content (AvgIpc) is 2.57. The first kappa shape index (κ1) is 16.1. The third-order valence-corrected chi connectivity index (χ3v) is 4.86. The minimum Gasteiger partial charge on any atom is -0.393 e. The van der Waals surface area contributed by atoms with Gasteiger partial charge in [0, 0.05) is 0 Å². The SMILES string of the molecule is OC1CCC(CCc2ccc(-c3ccc(F)c(F)c3)cc2)CC1. The molecule has 0 aliphatic heterocycles. The van der Waals surface area contributed by atoms with Gasteiger partial charge in [0.15, 0.2) is 11.6 Å². The highest BCUT2D eigenvalue weighted by molar-refractivity contribution is 5.63. The number of benzene rings is 2. The Labute approximate surface area is 136 Å². The molecule has 1 fully saturated rings. The van der Waals surface area contributed by atoms with Crippen LogP contribution >= 0.6 is 0 Å². The molecule has 3 heteroatoms. The second-order valence-electron chi connectivity index (χ2n) is 6.54. The van der Waals surface area contributed by atoms with Crippen molar-refractivity contribution in [1.29, 1.82) is 0 Å². The maximum absolute atomic E-state index is 13.3. The van der Waals surface area contributed by atoms with E-state index in [4.69, 9.17) is 0 Å². The van der Waals surface area contributed by atoms with Gasteiger partial charge < -0.3 is 5.11 Å². The van der Waals surface area contributed by atoms with Gasteiger partial charge in [0.25, 0.3) is 0 Å². The molecule has 0 bridgehead atoms. The Balaban J connectivity index is 1.59. The van der Waals surface area contributed by atoms with Gasteiger partial charge in [-0.2, -0.15) is 0 Å². The van der Waals surface area contributed by atoms with Gasteiger partial charge in [-0.15, -0.1) is 0 Å². The molecule has 2 aromatic rings. The van der Waals surface area contributed by atoms with Gasteiger partial charge in [0.1, 0.15) is 0 Å². The maximum Gasteiger partial charge on any atom is 0.159 e. The fraction of sp³-hybridized carbons (Fsp3) is 0.400. The second kappa shape index (κ2) is 7.22. The molecule has 0 amide bonds. The van der Waals surface area contributed by atoms with Crippen LogP contribution < -0.4 is 0 Å². The van der Waals surface area contributed by atoms with Crippen molar-refractivity contribution < 1.29 is 13.9 Å². The van der Waals surface area contributed by atoms with Gasteiger partial charge in [-0.1, -0.05) is 30.3 Å². The van der Waals surface area contributed by atoms with Crippen molar-refractivity contribution in [2.75, 3.05) is 0 Å². The summed E-state index contributed by atoms with van der Waals surface area (Å²) in [5, 5.41) is 9.54. The van der Waals surface area contributed by atoms with Crippen LogP contribution in [0.25, 0.3) is 11.1 Å². The van der Waals surface area contributed by atoms with Crippen LogP contribution in [0.2, 0.25) is 0 Å². The first-order chi connectivity index (χ1) is 11.1. The van der Waals surface area contributed by atoms with E-state index in [0.717, 1.165) is 50.2 Å². The normalized spacial score (nSPS) is 21.3. The largest absolute Gasteiger partial charge is 0.393 e. The smallest absolute Gasteiger partial charge is 0.159 e. The second-order valence-corrected chi connectivity index (χ2v) is 6.54. The average molecular weight is 316 g/mol. The number of aliphatic hydroxyl groups excluding tert-OH is 1. The molecule has 0 heterocycles. The fourth-order valence-corrected chi connectivity index (χ4v) is 3.34. The van der Waals surface area contributed by atoms with Gasteiger partial charge in [-0.3, -0.25) is 0 Å². The zero-order valence-electron chi connectivity index (χ0n) is 13.1. The lowest BCUT2D eigenvalue weighted by Crippen LogP contribution is -2.18. The summed E-state index contributed by atoms with van der Waals surface area (Å²) in [4.78, 5) is 0. The third kappa shape index (κ3) is 4.17. The minimum absolute atomic E-state index is 0.0957. The highest BCUT2D eigenvalue weighted by Gasteiger charge is 2.18. The standard InChI is InChI=1S/C20H22F2O/c21-19-12-9-17(13-20(19)22)16-7-3-14(4-8-16)1-2-15-5-10-18(23)11-6-15/h3-4,7-9,12-13,15,18,23H,1-2,5-6,10-11H2. The molecule has 1 aliphatic rings. The van der Waals surface area contributed by atoms with Crippen LogP contribution in [-0.2, 0) is 6.42 Å². The van der Waals surface area contributed by atoms with Crippen LogP contribution in [0.1, 0.15) is 37.7 Å². The van der Waals surface area contributed by atoms with Crippen molar-refractivity contribution in [3.63, 3.8) is 0 Å². The zero-order chi connectivity index (χ0) is 16.2. The van der Waals surface area contributed by atoms with Crippen molar-refractivity contribution in [2.24, 2.45) is 5.92 Å². The summed E-state index contributed by atoms with van der Waals surface area (Å²) in [6, 6.07) is 12.1. The Morgan fingerprint density at radius 2 is 1.48 bits per heavy atom. The number of hydrogen-bond acceptors (Lipinski definition) is 1. The number of aryl methyl sites for hydroxylation is 1. The fourth-order valence-electron chi connectivity index (χ4n) is 3.34. The highest BCUT2D eigenvalue weighted by atomic mass is 19.2. The number of aliphatic hydroxyl groups is 1. The monoisotopic (exact) mass is 316 g/mol. The predicted octanol–water partition coefficient (Wildman–Crippen LogP) is 5.12. The summed E-state index contributed by atoms with van der Waals surface area (Å²) in [6.07, 6.45) is 6.18. The topological polar surface area (TPSA) is 20.2 Å². The van der Waals surface area contributed by atoms with E-state index < -0.39 is 11.6 Å². The van der Waals surface area contributed by atoms with E-state index in [1.54, 1.807) is 6.07 Å². The molecule has 122 valence electrons. The van der Waals surface area contributed by atoms with E-state index in [2.05, 4.69) is 12.1 Å². The van der Waals surface area contributed by atoms with E-state index in [-0.39, 0.29) is 6.10 Å². The van der Waals surface area contributed by atoms with Gasteiger partial charge in [-0.25, -0.2) is 8.78 Å². The van der Waals surface area contributed by atoms with Gasteiger partial charge in [0.05, 0.1) is 6.10 Å². The Hall–Kier alpha value is -1.74. The lowest BCUT2D eigenvalue weighted by molar-refractivity contribution is 0.106. The molecule has 1 N–H and O–H groups in total.